The quantitative estimate of drug-likeness (QED) is 0.827. The van der Waals surface area contributed by atoms with Crippen molar-refractivity contribution in [1.82, 2.24) is 10.2 Å². The maximum absolute atomic E-state index is 12.6. The van der Waals surface area contributed by atoms with Gasteiger partial charge in [0.15, 0.2) is 0 Å². The second-order valence-electron chi connectivity index (χ2n) is 6.38. The summed E-state index contributed by atoms with van der Waals surface area (Å²) in [6.45, 7) is -1.02. The lowest BCUT2D eigenvalue weighted by Crippen LogP contribution is -2.45. The molecular weight excluding hydrogens is 365 g/mol. The molecule has 2 amide bonds. The molecule has 1 aromatic carbocycles. The van der Waals surface area contributed by atoms with Gasteiger partial charge in [-0.15, -0.1) is 0 Å². The molecule has 0 aliphatic carbocycles. The maximum atomic E-state index is 12.6. The monoisotopic (exact) mass is 382 g/mol. The minimum Gasteiger partial charge on any atom is -0.422 e. The topological polar surface area (TPSA) is 79.6 Å². The van der Waals surface area contributed by atoms with Gasteiger partial charge < -0.3 is 14.6 Å². The molecule has 144 valence electrons. The number of likely N-dealkylation sites (tertiary alicyclic amines) is 1. The highest BCUT2D eigenvalue weighted by atomic mass is 19.4. The molecule has 27 heavy (non-hydrogen) atoms. The molecule has 1 N–H and O–H groups in total. The molecule has 2 aromatic rings. The Hall–Kier alpha value is -2.84. The second kappa shape index (κ2) is 7.42. The predicted molar refractivity (Wildman–Crippen MR) is 90.2 cm³/mol. The second-order valence-corrected chi connectivity index (χ2v) is 6.38. The van der Waals surface area contributed by atoms with Crippen molar-refractivity contribution in [3.63, 3.8) is 0 Å². The number of nitrogens with zero attached hydrogens (tertiary/aromatic N) is 1. The number of carbonyl (C=O) groups is 2. The normalized spacial score (nSPS) is 15.7. The average Bonchev–Trinajstić information content (AvgIpc) is 2.64. The molecule has 0 bridgehead atoms. The summed E-state index contributed by atoms with van der Waals surface area (Å²) in [7, 11) is 0. The van der Waals surface area contributed by atoms with E-state index >= 15 is 0 Å². The summed E-state index contributed by atoms with van der Waals surface area (Å²) >= 11 is 0. The molecule has 0 atom stereocenters. The lowest BCUT2D eigenvalue weighted by atomic mass is 9.95. The van der Waals surface area contributed by atoms with Crippen LogP contribution in [0.4, 0.5) is 13.2 Å². The van der Waals surface area contributed by atoms with E-state index in [1.165, 1.54) is 11.0 Å². The number of piperidine rings is 1. The Kier molecular flexibility index (Phi) is 5.20. The summed E-state index contributed by atoms with van der Waals surface area (Å²) in [5, 5.41) is 2.48. The van der Waals surface area contributed by atoms with Crippen LogP contribution in [0, 0.1) is 5.92 Å². The molecule has 0 spiro atoms. The molecule has 9 heteroatoms. The van der Waals surface area contributed by atoms with Gasteiger partial charge in [0.2, 0.25) is 5.91 Å². The fourth-order valence-electron chi connectivity index (χ4n) is 3.06. The van der Waals surface area contributed by atoms with Gasteiger partial charge in [-0.05, 0) is 25.0 Å². The molecule has 6 nitrogen and oxygen atoms in total. The number of para-hydroxylation sites is 1. The minimum absolute atomic E-state index is 0.103. The zero-order valence-electron chi connectivity index (χ0n) is 14.2. The van der Waals surface area contributed by atoms with Crippen molar-refractivity contribution >= 4 is 22.8 Å². The highest BCUT2D eigenvalue weighted by Crippen LogP contribution is 2.21. The standard InChI is InChI=1S/C18H17F3N2O4/c19-18(20,21)10-22-15(24)11-5-7-23(8-6-11)16(25)13-9-12-3-1-2-4-14(12)27-17(13)26/h1-4,9,11H,5-8,10H2,(H,22,24). The first-order valence-corrected chi connectivity index (χ1v) is 8.41. The number of hydrogen-bond donors (Lipinski definition) is 1. The van der Waals surface area contributed by atoms with Crippen molar-refractivity contribution in [2.75, 3.05) is 19.6 Å². The SMILES string of the molecule is O=C(NCC(F)(F)F)C1CCN(C(=O)c2cc3ccccc3oc2=O)CC1. The molecular formula is C18H17F3N2O4. The third-order valence-corrected chi connectivity index (χ3v) is 4.49. The number of rotatable bonds is 3. The van der Waals surface area contributed by atoms with Crippen LogP contribution in [0.25, 0.3) is 11.0 Å². The first-order valence-electron chi connectivity index (χ1n) is 8.41. The summed E-state index contributed by atoms with van der Waals surface area (Å²) in [5.41, 5.74) is -0.475. The molecule has 1 aromatic heterocycles. The number of benzene rings is 1. The highest BCUT2D eigenvalue weighted by molar-refractivity contribution is 5.96. The van der Waals surface area contributed by atoms with Gasteiger partial charge in [-0.3, -0.25) is 9.59 Å². The van der Waals surface area contributed by atoms with Crippen LogP contribution < -0.4 is 10.9 Å². The number of hydrogen-bond acceptors (Lipinski definition) is 4. The van der Waals surface area contributed by atoms with E-state index in [9.17, 15) is 27.6 Å². The fraction of sp³-hybridized carbons (Fsp3) is 0.389. The van der Waals surface area contributed by atoms with Crippen molar-refractivity contribution in [3.8, 4) is 0 Å². The van der Waals surface area contributed by atoms with E-state index in [0.29, 0.717) is 11.0 Å². The molecule has 1 fully saturated rings. The molecule has 2 heterocycles. The van der Waals surface area contributed by atoms with Gasteiger partial charge in [-0.1, -0.05) is 18.2 Å². The van der Waals surface area contributed by atoms with E-state index in [1.54, 1.807) is 24.3 Å². The molecule has 0 radical (unpaired) electrons. The molecule has 1 aliphatic heterocycles. The number of fused-ring (bicyclic) bond motifs is 1. The maximum Gasteiger partial charge on any atom is 0.405 e. The first-order chi connectivity index (χ1) is 12.7. The summed E-state index contributed by atoms with van der Waals surface area (Å²) in [4.78, 5) is 37.9. The van der Waals surface area contributed by atoms with Crippen LogP contribution in [-0.2, 0) is 4.79 Å². The Balaban J connectivity index is 1.64. The van der Waals surface area contributed by atoms with Crippen LogP contribution >= 0.6 is 0 Å². The molecule has 3 rings (SSSR count). The van der Waals surface area contributed by atoms with Crippen molar-refractivity contribution < 1.29 is 27.2 Å². The average molecular weight is 382 g/mol. The Morgan fingerprint density at radius 1 is 1.19 bits per heavy atom. The zero-order valence-corrected chi connectivity index (χ0v) is 14.2. The fourth-order valence-corrected chi connectivity index (χ4v) is 3.06. The highest BCUT2D eigenvalue weighted by Gasteiger charge is 2.32. The largest absolute Gasteiger partial charge is 0.422 e. The van der Waals surface area contributed by atoms with E-state index in [4.69, 9.17) is 4.42 Å². The van der Waals surface area contributed by atoms with Crippen molar-refractivity contribution in [3.05, 3.63) is 46.3 Å². The van der Waals surface area contributed by atoms with Crippen LogP contribution in [0.2, 0.25) is 0 Å². The van der Waals surface area contributed by atoms with Crippen molar-refractivity contribution in [2.24, 2.45) is 5.92 Å². The third kappa shape index (κ3) is 4.47. The smallest absolute Gasteiger partial charge is 0.405 e. The predicted octanol–water partition coefficient (Wildman–Crippen LogP) is 2.32. The Bertz CT molecular complexity index is 915. The summed E-state index contributed by atoms with van der Waals surface area (Å²) in [6.07, 6.45) is -4.00. The van der Waals surface area contributed by atoms with Crippen LogP contribution in [0.3, 0.4) is 0 Å². The molecule has 1 saturated heterocycles. The molecule has 0 unspecified atom stereocenters. The summed E-state index contributed by atoms with van der Waals surface area (Å²) < 4.78 is 41.7. The lowest BCUT2D eigenvalue weighted by molar-refractivity contribution is -0.141. The van der Waals surface area contributed by atoms with Crippen LogP contribution in [-0.4, -0.2) is 42.5 Å². The number of halogens is 3. The third-order valence-electron chi connectivity index (χ3n) is 4.49. The Morgan fingerprint density at radius 2 is 1.85 bits per heavy atom. The zero-order chi connectivity index (χ0) is 19.6. The van der Waals surface area contributed by atoms with Gasteiger partial charge in [0.1, 0.15) is 17.7 Å². The number of carbonyl (C=O) groups excluding carboxylic acids is 2. The van der Waals surface area contributed by atoms with Crippen LogP contribution in [0.1, 0.15) is 23.2 Å². The van der Waals surface area contributed by atoms with Gasteiger partial charge in [-0.2, -0.15) is 13.2 Å². The van der Waals surface area contributed by atoms with Gasteiger partial charge in [-0.25, -0.2) is 4.79 Å². The van der Waals surface area contributed by atoms with E-state index in [2.05, 4.69) is 0 Å². The van der Waals surface area contributed by atoms with Gasteiger partial charge >= 0.3 is 11.8 Å². The van der Waals surface area contributed by atoms with E-state index in [0.717, 1.165) is 0 Å². The van der Waals surface area contributed by atoms with Gasteiger partial charge in [0, 0.05) is 24.4 Å². The van der Waals surface area contributed by atoms with E-state index in [1.807, 2.05) is 5.32 Å². The van der Waals surface area contributed by atoms with Crippen LogP contribution in [0.5, 0.6) is 0 Å². The van der Waals surface area contributed by atoms with Gasteiger partial charge in [0.25, 0.3) is 5.91 Å². The summed E-state index contributed by atoms with van der Waals surface area (Å²) in [6, 6.07) is 8.26. The van der Waals surface area contributed by atoms with Crippen molar-refractivity contribution in [2.45, 2.75) is 19.0 Å². The van der Waals surface area contributed by atoms with E-state index < -0.39 is 36.1 Å². The first kappa shape index (κ1) is 18.9. The van der Waals surface area contributed by atoms with Crippen molar-refractivity contribution in [1.29, 1.82) is 0 Å². The Morgan fingerprint density at radius 3 is 2.52 bits per heavy atom. The van der Waals surface area contributed by atoms with Gasteiger partial charge in [0.05, 0.1) is 0 Å². The number of nitrogens with one attached hydrogen (secondary N) is 1. The summed E-state index contributed by atoms with van der Waals surface area (Å²) in [5.74, 6) is -1.78. The number of alkyl halides is 3. The Labute approximate surface area is 151 Å². The number of amides is 2. The van der Waals surface area contributed by atoms with E-state index in [-0.39, 0.29) is 31.5 Å². The molecule has 0 saturated carbocycles. The molecule has 1 aliphatic rings. The lowest BCUT2D eigenvalue weighted by Gasteiger charge is -2.31. The van der Waals surface area contributed by atoms with Crippen LogP contribution in [0.15, 0.2) is 39.5 Å². The minimum atomic E-state index is -4.46.